The summed E-state index contributed by atoms with van der Waals surface area (Å²) in [4.78, 5) is 0. The number of likely N-dealkylation sites (N-methyl/N-ethyl adjacent to an activating group) is 1. The molecule has 4 nitrogen and oxygen atoms in total. The third-order valence-electron chi connectivity index (χ3n) is 3.95. The molecule has 0 bridgehead atoms. The van der Waals surface area contributed by atoms with Crippen molar-refractivity contribution in [3.63, 3.8) is 0 Å². The second-order valence-electron chi connectivity index (χ2n) is 4.81. The topological polar surface area (TPSA) is 39.1 Å². The minimum Gasteiger partial charge on any atom is -0.376 e. The first-order valence-electron chi connectivity index (χ1n) is 6.68. The van der Waals surface area contributed by atoms with Gasteiger partial charge >= 0.3 is 0 Å². The molecule has 1 atom stereocenters. The molecule has 0 radical (unpaired) electrons. The minimum atomic E-state index is -0.118. The van der Waals surface area contributed by atoms with Gasteiger partial charge in [0.25, 0.3) is 0 Å². The molecular weight excluding hydrogens is 250 g/mol. The molecule has 1 unspecified atom stereocenters. The van der Waals surface area contributed by atoms with Crippen LogP contribution in [0.5, 0.6) is 0 Å². The van der Waals surface area contributed by atoms with Gasteiger partial charge in [-0.1, -0.05) is 18.5 Å². The Labute approximate surface area is 114 Å². The molecule has 0 aliphatic heterocycles. The molecule has 1 fully saturated rings. The summed E-state index contributed by atoms with van der Waals surface area (Å²) in [6.07, 6.45) is 5.10. The molecule has 1 heterocycles. The molecule has 0 spiro atoms. The second kappa shape index (κ2) is 5.59. The fourth-order valence-electron chi connectivity index (χ4n) is 2.78. The summed E-state index contributed by atoms with van der Waals surface area (Å²) in [7, 11) is 1.80. The van der Waals surface area contributed by atoms with Gasteiger partial charge in [0.05, 0.1) is 28.6 Å². The van der Waals surface area contributed by atoms with E-state index in [1.54, 1.807) is 13.3 Å². The van der Waals surface area contributed by atoms with Crippen molar-refractivity contribution in [2.75, 3.05) is 13.7 Å². The Balaban J connectivity index is 2.37. The van der Waals surface area contributed by atoms with Crippen LogP contribution in [0.25, 0.3) is 0 Å². The van der Waals surface area contributed by atoms with Crippen LogP contribution < -0.4 is 5.32 Å². The van der Waals surface area contributed by atoms with Gasteiger partial charge in [-0.05, 0) is 32.7 Å². The van der Waals surface area contributed by atoms with Gasteiger partial charge in [0.15, 0.2) is 0 Å². The average molecular weight is 272 g/mol. The molecule has 18 heavy (non-hydrogen) atoms. The first-order valence-corrected chi connectivity index (χ1v) is 7.06. The number of aromatic nitrogens is 2. The number of halogens is 1. The van der Waals surface area contributed by atoms with E-state index in [4.69, 9.17) is 16.3 Å². The van der Waals surface area contributed by atoms with Gasteiger partial charge < -0.3 is 10.1 Å². The Morgan fingerprint density at radius 2 is 2.28 bits per heavy atom. The van der Waals surface area contributed by atoms with Gasteiger partial charge in [-0.2, -0.15) is 5.10 Å². The van der Waals surface area contributed by atoms with E-state index in [1.807, 2.05) is 4.68 Å². The van der Waals surface area contributed by atoms with Crippen molar-refractivity contribution in [3.05, 3.63) is 16.9 Å². The first kappa shape index (κ1) is 13.8. The highest BCUT2D eigenvalue weighted by atomic mass is 35.5. The van der Waals surface area contributed by atoms with Crippen LogP contribution in [0.2, 0.25) is 5.02 Å². The van der Waals surface area contributed by atoms with Crippen molar-refractivity contribution >= 4 is 11.6 Å². The van der Waals surface area contributed by atoms with Crippen LogP contribution in [0.15, 0.2) is 6.20 Å². The summed E-state index contributed by atoms with van der Waals surface area (Å²) in [5.41, 5.74) is 0.939. The standard InChI is InChI=1S/C13H22ClN3O/c1-4-15-12(13(18-3)7-6-8-13)11-10(14)9-16-17(11)5-2/h9,12,15H,4-8H2,1-3H3. The zero-order valence-corrected chi connectivity index (χ0v) is 12.1. The lowest BCUT2D eigenvalue weighted by Gasteiger charge is -2.46. The maximum absolute atomic E-state index is 6.32. The fourth-order valence-corrected chi connectivity index (χ4v) is 3.03. The van der Waals surface area contributed by atoms with Gasteiger partial charge in [-0.3, -0.25) is 4.68 Å². The predicted octanol–water partition coefficient (Wildman–Crippen LogP) is 2.78. The van der Waals surface area contributed by atoms with Gasteiger partial charge in [-0.15, -0.1) is 0 Å². The molecule has 2 rings (SSSR count). The summed E-state index contributed by atoms with van der Waals surface area (Å²) in [6.45, 7) is 5.90. The molecule has 1 aromatic heterocycles. The quantitative estimate of drug-likeness (QED) is 0.865. The van der Waals surface area contributed by atoms with E-state index in [-0.39, 0.29) is 11.6 Å². The number of rotatable bonds is 6. The molecule has 0 amide bonds. The zero-order valence-electron chi connectivity index (χ0n) is 11.4. The normalized spacial score (nSPS) is 19.6. The number of nitrogens with one attached hydrogen (secondary N) is 1. The van der Waals surface area contributed by atoms with E-state index in [1.165, 1.54) is 6.42 Å². The van der Waals surface area contributed by atoms with Crippen LogP contribution in [0.4, 0.5) is 0 Å². The lowest BCUT2D eigenvalue weighted by Crippen LogP contribution is -2.51. The highest BCUT2D eigenvalue weighted by Gasteiger charge is 2.46. The summed E-state index contributed by atoms with van der Waals surface area (Å²) in [5.74, 6) is 0. The molecule has 102 valence electrons. The number of hydrogen-bond acceptors (Lipinski definition) is 3. The van der Waals surface area contributed by atoms with Crippen molar-refractivity contribution < 1.29 is 4.74 Å². The van der Waals surface area contributed by atoms with Crippen molar-refractivity contribution in [1.29, 1.82) is 0 Å². The SMILES string of the molecule is CCNC(c1c(Cl)cnn1CC)C1(OC)CCC1. The Morgan fingerprint density at radius 1 is 1.56 bits per heavy atom. The molecule has 1 N–H and O–H groups in total. The highest BCUT2D eigenvalue weighted by molar-refractivity contribution is 6.31. The monoisotopic (exact) mass is 271 g/mol. The maximum atomic E-state index is 6.32. The predicted molar refractivity (Wildman–Crippen MR) is 72.9 cm³/mol. The fraction of sp³-hybridized carbons (Fsp3) is 0.769. The number of hydrogen-bond donors (Lipinski definition) is 1. The van der Waals surface area contributed by atoms with Crippen LogP contribution >= 0.6 is 11.6 Å². The van der Waals surface area contributed by atoms with Crippen LogP contribution in [0, 0.1) is 0 Å². The molecule has 0 aromatic carbocycles. The first-order chi connectivity index (χ1) is 8.68. The van der Waals surface area contributed by atoms with E-state index in [0.717, 1.165) is 36.6 Å². The van der Waals surface area contributed by atoms with Crippen LogP contribution in [0.1, 0.15) is 44.8 Å². The number of ether oxygens (including phenoxy) is 1. The Hall–Kier alpha value is -0.580. The Morgan fingerprint density at radius 3 is 2.72 bits per heavy atom. The van der Waals surface area contributed by atoms with Crippen molar-refractivity contribution in [2.45, 2.75) is 51.3 Å². The van der Waals surface area contributed by atoms with Crippen LogP contribution in [-0.4, -0.2) is 29.0 Å². The lowest BCUT2D eigenvalue weighted by molar-refractivity contribution is -0.101. The summed E-state index contributed by atoms with van der Waals surface area (Å²) < 4.78 is 7.77. The van der Waals surface area contributed by atoms with E-state index in [0.29, 0.717) is 0 Å². The van der Waals surface area contributed by atoms with Gasteiger partial charge in [0, 0.05) is 13.7 Å². The number of nitrogens with zero attached hydrogens (tertiary/aromatic N) is 2. The van der Waals surface area contributed by atoms with E-state index >= 15 is 0 Å². The Kier molecular flexibility index (Phi) is 4.30. The van der Waals surface area contributed by atoms with Gasteiger partial charge in [0.2, 0.25) is 0 Å². The second-order valence-corrected chi connectivity index (χ2v) is 5.21. The molecular formula is C13H22ClN3O. The van der Waals surface area contributed by atoms with Gasteiger partial charge in [0.1, 0.15) is 0 Å². The van der Waals surface area contributed by atoms with E-state index in [9.17, 15) is 0 Å². The average Bonchev–Trinajstić information content (AvgIpc) is 2.68. The highest BCUT2D eigenvalue weighted by Crippen LogP contribution is 2.46. The lowest BCUT2D eigenvalue weighted by atomic mass is 9.73. The van der Waals surface area contributed by atoms with Crippen LogP contribution in [-0.2, 0) is 11.3 Å². The smallest absolute Gasteiger partial charge is 0.0888 e. The summed E-state index contributed by atoms with van der Waals surface area (Å²) in [6, 6.07) is 0.121. The van der Waals surface area contributed by atoms with Gasteiger partial charge in [-0.25, -0.2) is 0 Å². The molecule has 1 aromatic rings. The molecule has 1 saturated carbocycles. The zero-order chi connectivity index (χ0) is 13.2. The van der Waals surface area contributed by atoms with E-state index in [2.05, 4.69) is 24.3 Å². The number of aryl methyl sites for hydroxylation is 1. The van der Waals surface area contributed by atoms with Crippen LogP contribution in [0.3, 0.4) is 0 Å². The molecule has 1 aliphatic rings. The third-order valence-corrected chi connectivity index (χ3v) is 4.24. The maximum Gasteiger partial charge on any atom is 0.0888 e. The number of methoxy groups -OCH3 is 1. The molecule has 1 aliphatic carbocycles. The van der Waals surface area contributed by atoms with E-state index < -0.39 is 0 Å². The summed E-state index contributed by atoms with van der Waals surface area (Å²) >= 11 is 6.32. The minimum absolute atomic E-state index is 0.118. The molecule has 0 saturated heterocycles. The van der Waals surface area contributed by atoms with Crippen molar-refractivity contribution in [3.8, 4) is 0 Å². The summed E-state index contributed by atoms with van der Waals surface area (Å²) in [5, 5.41) is 8.58. The van der Waals surface area contributed by atoms with Crippen molar-refractivity contribution in [1.82, 2.24) is 15.1 Å². The van der Waals surface area contributed by atoms with Crippen molar-refractivity contribution in [2.24, 2.45) is 0 Å². The third kappa shape index (κ3) is 2.17. The Bertz CT molecular complexity index is 395. The molecule has 5 heteroatoms. The largest absolute Gasteiger partial charge is 0.376 e.